The predicted molar refractivity (Wildman–Crippen MR) is 107 cm³/mol. The van der Waals surface area contributed by atoms with Crippen LogP contribution in [-0.4, -0.2) is 24.8 Å². The van der Waals surface area contributed by atoms with E-state index in [0.29, 0.717) is 18.1 Å². The summed E-state index contributed by atoms with van der Waals surface area (Å²) in [5, 5.41) is 8.68. The second-order valence-corrected chi connectivity index (χ2v) is 6.61. The number of carboxylic acid groups (broad SMARTS) is 1. The first-order chi connectivity index (χ1) is 12.7. The second kappa shape index (κ2) is 14.2. The van der Waals surface area contributed by atoms with Crippen molar-refractivity contribution in [3.05, 3.63) is 29.8 Å². The van der Waals surface area contributed by atoms with Gasteiger partial charge in [-0.15, -0.1) is 0 Å². The molecule has 1 rings (SSSR count). The molecule has 0 spiro atoms. The maximum Gasteiger partial charge on any atom is 0.328 e. The Labute approximate surface area is 158 Å². The lowest BCUT2D eigenvalue weighted by atomic mass is 10.1. The van der Waals surface area contributed by atoms with Crippen LogP contribution in [0.5, 0.6) is 11.5 Å². The standard InChI is InChI=1S/C22H34O4/c1-3-4-5-6-7-8-9-10-11-12-17-26-20-15-13-19(14-16-22(23)24)18-21(20)25-2/h13-16,18H,3-12,17H2,1-2H3,(H,23,24). The fraction of sp³-hybridized carbons (Fsp3) is 0.591. The molecular formula is C22H34O4. The van der Waals surface area contributed by atoms with E-state index >= 15 is 0 Å². The molecule has 1 N–H and O–H groups in total. The Hall–Kier alpha value is -1.97. The summed E-state index contributed by atoms with van der Waals surface area (Å²) in [7, 11) is 1.59. The molecule has 0 aliphatic heterocycles. The smallest absolute Gasteiger partial charge is 0.328 e. The van der Waals surface area contributed by atoms with E-state index in [1.165, 1.54) is 63.9 Å². The van der Waals surface area contributed by atoms with Crippen LogP contribution in [0, 0.1) is 0 Å². The summed E-state index contributed by atoms with van der Waals surface area (Å²) in [5.74, 6) is 0.366. The highest BCUT2D eigenvalue weighted by atomic mass is 16.5. The Bertz CT molecular complexity index is 537. The molecule has 0 unspecified atom stereocenters. The minimum absolute atomic E-state index is 0.629. The van der Waals surface area contributed by atoms with Gasteiger partial charge in [-0.2, -0.15) is 0 Å². The molecule has 1 aromatic carbocycles. The summed E-state index contributed by atoms with van der Waals surface area (Å²) in [6.07, 6.45) is 15.6. The van der Waals surface area contributed by atoms with Crippen LogP contribution in [0.2, 0.25) is 0 Å². The van der Waals surface area contributed by atoms with Crippen molar-refractivity contribution in [2.75, 3.05) is 13.7 Å². The molecule has 4 nitrogen and oxygen atoms in total. The highest BCUT2D eigenvalue weighted by Crippen LogP contribution is 2.28. The Kier molecular flexibility index (Phi) is 12.1. The van der Waals surface area contributed by atoms with Crippen LogP contribution in [0.3, 0.4) is 0 Å². The lowest BCUT2D eigenvalue weighted by Gasteiger charge is -2.11. The van der Waals surface area contributed by atoms with Crippen molar-refractivity contribution in [2.45, 2.75) is 71.1 Å². The van der Waals surface area contributed by atoms with E-state index in [1.807, 2.05) is 12.1 Å². The molecular weight excluding hydrogens is 328 g/mol. The number of carboxylic acids is 1. The van der Waals surface area contributed by atoms with Gasteiger partial charge in [0.15, 0.2) is 11.5 Å². The summed E-state index contributed by atoms with van der Waals surface area (Å²) >= 11 is 0. The molecule has 0 saturated heterocycles. The third kappa shape index (κ3) is 10.1. The van der Waals surface area contributed by atoms with Crippen LogP contribution in [0.25, 0.3) is 6.08 Å². The number of rotatable bonds is 15. The molecule has 0 bridgehead atoms. The molecule has 0 amide bonds. The first-order valence-corrected chi connectivity index (χ1v) is 9.89. The van der Waals surface area contributed by atoms with Crippen LogP contribution < -0.4 is 9.47 Å². The van der Waals surface area contributed by atoms with Crippen LogP contribution in [0.4, 0.5) is 0 Å². The highest BCUT2D eigenvalue weighted by Gasteiger charge is 2.05. The number of methoxy groups -OCH3 is 1. The Morgan fingerprint density at radius 2 is 1.58 bits per heavy atom. The lowest BCUT2D eigenvalue weighted by Crippen LogP contribution is -1.99. The molecule has 4 heteroatoms. The zero-order valence-electron chi connectivity index (χ0n) is 16.3. The molecule has 0 fully saturated rings. The van der Waals surface area contributed by atoms with Gasteiger partial charge in [0.1, 0.15) is 0 Å². The van der Waals surface area contributed by atoms with Crippen molar-refractivity contribution in [1.29, 1.82) is 0 Å². The van der Waals surface area contributed by atoms with Gasteiger partial charge in [-0.05, 0) is 30.2 Å². The predicted octanol–water partition coefficient (Wildman–Crippen LogP) is 6.09. The number of unbranched alkanes of at least 4 members (excludes halogenated alkanes) is 9. The monoisotopic (exact) mass is 362 g/mol. The van der Waals surface area contributed by atoms with Gasteiger partial charge < -0.3 is 14.6 Å². The van der Waals surface area contributed by atoms with Gasteiger partial charge in [0.2, 0.25) is 0 Å². The van der Waals surface area contributed by atoms with Crippen molar-refractivity contribution in [3.8, 4) is 11.5 Å². The number of aliphatic carboxylic acids is 1. The molecule has 146 valence electrons. The highest BCUT2D eigenvalue weighted by molar-refractivity contribution is 5.85. The molecule has 0 saturated carbocycles. The minimum Gasteiger partial charge on any atom is -0.493 e. The Balaban J connectivity index is 2.19. The van der Waals surface area contributed by atoms with Gasteiger partial charge >= 0.3 is 5.97 Å². The van der Waals surface area contributed by atoms with E-state index in [0.717, 1.165) is 18.1 Å². The second-order valence-electron chi connectivity index (χ2n) is 6.61. The molecule has 0 heterocycles. The fourth-order valence-electron chi connectivity index (χ4n) is 2.85. The van der Waals surface area contributed by atoms with E-state index < -0.39 is 5.97 Å². The molecule has 0 aliphatic rings. The van der Waals surface area contributed by atoms with Gasteiger partial charge in [-0.1, -0.05) is 70.8 Å². The van der Waals surface area contributed by atoms with E-state index in [-0.39, 0.29) is 0 Å². The Morgan fingerprint density at radius 3 is 2.15 bits per heavy atom. The molecule has 26 heavy (non-hydrogen) atoms. The van der Waals surface area contributed by atoms with Gasteiger partial charge in [0.05, 0.1) is 13.7 Å². The van der Waals surface area contributed by atoms with Crippen LogP contribution in [0.1, 0.15) is 76.7 Å². The minimum atomic E-state index is -0.967. The Morgan fingerprint density at radius 1 is 0.962 bits per heavy atom. The summed E-state index contributed by atoms with van der Waals surface area (Å²) in [5.41, 5.74) is 0.774. The van der Waals surface area contributed by atoms with E-state index in [2.05, 4.69) is 6.92 Å². The number of ether oxygens (including phenoxy) is 2. The first kappa shape index (κ1) is 22.1. The summed E-state index contributed by atoms with van der Waals surface area (Å²) < 4.78 is 11.2. The van der Waals surface area contributed by atoms with Crippen molar-refractivity contribution in [3.63, 3.8) is 0 Å². The number of hydrogen-bond donors (Lipinski definition) is 1. The zero-order valence-corrected chi connectivity index (χ0v) is 16.3. The number of benzene rings is 1. The van der Waals surface area contributed by atoms with Crippen LogP contribution in [0.15, 0.2) is 24.3 Å². The number of carbonyl (C=O) groups is 1. The molecule has 1 aromatic rings. The van der Waals surface area contributed by atoms with E-state index in [4.69, 9.17) is 14.6 Å². The van der Waals surface area contributed by atoms with E-state index in [9.17, 15) is 4.79 Å². The van der Waals surface area contributed by atoms with Gasteiger partial charge in [0.25, 0.3) is 0 Å². The molecule has 0 radical (unpaired) electrons. The number of hydrogen-bond acceptors (Lipinski definition) is 3. The van der Waals surface area contributed by atoms with Gasteiger partial charge in [-0.3, -0.25) is 0 Å². The SMILES string of the molecule is CCCCCCCCCCCCOc1ccc(C=CC(=O)O)cc1OC. The van der Waals surface area contributed by atoms with E-state index in [1.54, 1.807) is 13.2 Å². The zero-order chi connectivity index (χ0) is 19.0. The van der Waals surface area contributed by atoms with Crippen molar-refractivity contribution in [1.82, 2.24) is 0 Å². The van der Waals surface area contributed by atoms with Gasteiger partial charge in [0, 0.05) is 6.08 Å². The third-order valence-electron chi connectivity index (χ3n) is 4.36. The van der Waals surface area contributed by atoms with Crippen LogP contribution >= 0.6 is 0 Å². The maximum absolute atomic E-state index is 10.6. The summed E-state index contributed by atoms with van der Waals surface area (Å²) in [6, 6.07) is 5.44. The average Bonchev–Trinajstić information content (AvgIpc) is 2.64. The fourth-order valence-corrected chi connectivity index (χ4v) is 2.85. The normalized spacial score (nSPS) is 11.0. The van der Waals surface area contributed by atoms with Crippen molar-refractivity contribution in [2.24, 2.45) is 0 Å². The quantitative estimate of drug-likeness (QED) is 0.303. The van der Waals surface area contributed by atoms with Gasteiger partial charge in [-0.25, -0.2) is 4.79 Å². The maximum atomic E-state index is 10.6. The molecule has 0 aliphatic carbocycles. The third-order valence-corrected chi connectivity index (χ3v) is 4.36. The lowest BCUT2D eigenvalue weighted by molar-refractivity contribution is -0.131. The molecule has 0 atom stereocenters. The summed E-state index contributed by atoms with van der Waals surface area (Å²) in [6.45, 7) is 2.93. The topological polar surface area (TPSA) is 55.8 Å². The summed E-state index contributed by atoms with van der Waals surface area (Å²) in [4.78, 5) is 10.6. The first-order valence-electron chi connectivity index (χ1n) is 9.89. The average molecular weight is 363 g/mol. The van der Waals surface area contributed by atoms with Crippen molar-refractivity contribution >= 4 is 12.0 Å². The van der Waals surface area contributed by atoms with Crippen LogP contribution in [-0.2, 0) is 4.79 Å². The largest absolute Gasteiger partial charge is 0.493 e. The van der Waals surface area contributed by atoms with Crippen molar-refractivity contribution < 1.29 is 19.4 Å². The molecule has 0 aromatic heterocycles.